The molecule has 0 spiro atoms. The monoisotopic (exact) mass is 331 g/mol. The van der Waals surface area contributed by atoms with Gasteiger partial charge in [-0.05, 0) is 49.1 Å². The molecule has 1 N–H and O–H groups in total. The molecule has 1 heterocycles. The highest BCUT2D eigenvalue weighted by Crippen LogP contribution is 2.49. The third-order valence-corrected chi connectivity index (χ3v) is 5.33. The lowest BCUT2D eigenvalue weighted by atomic mass is 9.86. The van der Waals surface area contributed by atoms with Crippen molar-refractivity contribution in [1.82, 2.24) is 0 Å². The van der Waals surface area contributed by atoms with Gasteiger partial charge in [0.1, 0.15) is 0 Å². The fraction of sp³-hybridized carbons (Fsp3) is 0.556. The Hall–Kier alpha value is -2.24. The van der Waals surface area contributed by atoms with Crippen molar-refractivity contribution >= 4 is 17.6 Å². The standard InChI is InChI=1S/C18H21NO5/c20-17(19-14-3-4-15-16(8-14)24-10-23-15)9-22-18(21)7-13-6-11-1-2-12(13)5-11/h3-4,8,11-13H,1-2,5-7,9-10H2,(H,19,20)/t11-,12-,13+/m0/s1. The van der Waals surface area contributed by atoms with Gasteiger partial charge in [-0.2, -0.15) is 0 Å². The first-order chi connectivity index (χ1) is 11.7. The molecule has 3 atom stereocenters. The fourth-order valence-electron chi connectivity index (χ4n) is 4.22. The van der Waals surface area contributed by atoms with Crippen LogP contribution >= 0.6 is 0 Å². The molecule has 0 aromatic heterocycles. The Morgan fingerprint density at radius 3 is 2.83 bits per heavy atom. The fourth-order valence-corrected chi connectivity index (χ4v) is 4.22. The van der Waals surface area contributed by atoms with E-state index >= 15 is 0 Å². The average Bonchev–Trinajstić information content (AvgIpc) is 3.28. The number of ether oxygens (including phenoxy) is 3. The lowest BCUT2D eigenvalue weighted by Crippen LogP contribution is -2.23. The van der Waals surface area contributed by atoms with Gasteiger partial charge in [0.25, 0.3) is 5.91 Å². The van der Waals surface area contributed by atoms with E-state index in [1.165, 1.54) is 19.3 Å². The number of hydrogen-bond donors (Lipinski definition) is 1. The predicted molar refractivity (Wildman–Crippen MR) is 85.7 cm³/mol. The average molecular weight is 331 g/mol. The molecule has 2 fully saturated rings. The van der Waals surface area contributed by atoms with Crippen LogP contribution in [0.5, 0.6) is 11.5 Å². The number of fused-ring (bicyclic) bond motifs is 3. The number of rotatable bonds is 5. The Morgan fingerprint density at radius 2 is 2.04 bits per heavy atom. The molecule has 4 rings (SSSR count). The highest BCUT2D eigenvalue weighted by molar-refractivity contribution is 5.93. The summed E-state index contributed by atoms with van der Waals surface area (Å²) in [5, 5.41) is 2.70. The van der Waals surface area contributed by atoms with Gasteiger partial charge in [0, 0.05) is 18.2 Å². The Kier molecular flexibility index (Phi) is 4.04. The maximum atomic E-state index is 11.9. The van der Waals surface area contributed by atoms with Gasteiger partial charge in [0.2, 0.25) is 6.79 Å². The summed E-state index contributed by atoms with van der Waals surface area (Å²) in [6, 6.07) is 5.15. The normalized spacial score (nSPS) is 26.4. The Morgan fingerprint density at radius 1 is 1.17 bits per heavy atom. The molecule has 2 saturated carbocycles. The van der Waals surface area contributed by atoms with Gasteiger partial charge in [-0.25, -0.2) is 0 Å². The van der Waals surface area contributed by atoms with E-state index in [0.29, 0.717) is 35.4 Å². The zero-order valence-corrected chi connectivity index (χ0v) is 13.5. The van der Waals surface area contributed by atoms with Gasteiger partial charge < -0.3 is 19.5 Å². The minimum atomic E-state index is -0.352. The lowest BCUT2D eigenvalue weighted by molar-refractivity contribution is -0.148. The van der Waals surface area contributed by atoms with Crippen molar-refractivity contribution in [2.45, 2.75) is 32.1 Å². The van der Waals surface area contributed by atoms with Crippen LogP contribution in [0.2, 0.25) is 0 Å². The summed E-state index contributed by atoms with van der Waals surface area (Å²) in [5.74, 6) is 2.58. The van der Waals surface area contributed by atoms with Crippen LogP contribution in [0.1, 0.15) is 32.1 Å². The third-order valence-electron chi connectivity index (χ3n) is 5.33. The van der Waals surface area contributed by atoms with Crippen molar-refractivity contribution < 1.29 is 23.8 Å². The highest BCUT2D eigenvalue weighted by Gasteiger charge is 2.40. The van der Waals surface area contributed by atoms with Crippen LogP contribution in [0.25, 0.3) is 0 Å². The first-order valence-corrected chi connectivity index (χ1v) is 8.52. The second-order valence-corrected chi connectivity index (χ2v) is 6.92. The van der Waals surface area contributed by atoms with Crippen molar-refractivity contribution in [2.24, 2.45) is 17.8 Å². The topological polar surface area (TPSA) is 73.9 Å². The summed E-state index contributed by atoms with van der Waals surface area (Å²) in [4.78, 5) is 23.9. The molecule has 0 unspecified atom stereocenters. The number of benzene rings is 1. The summed E-state index contributed by atoms with van der Waals surface area (Å²) in [6.45, 7) is -0.0680. The van der Waals surface area contributed by atoms with Crippen LogP contribution in [-0.4, -0.2) is 25.3 Å². The van der Waals surface area contributed by atoms with E-state index in [1.54, 1.807) is 18.2 Å². The van der Waals surface area contributed by atoms with Gasteiger partial charge in [-0.3, -0.25) is 9.59 Å². The molecule has 6 nitrogen and oxygen atoms in total. The third kappa shape index (κ3) is 3.18. The van der Waals surface area contributed by atoms with Crippen molar-refractivity contribution in [3.8, 4) is 11.5 Å². The number of carbonyl (C=O) groups excluding carboxylic acids is 2. The summed E-state index contributed by atoms with van der Waals surface area (Å²) in [7, 11) is 0. The molecule has 1 amide bonds. The molecule has 2 bridgehead atoms. The van der Waals surface area contributed by atoms with Crippen LogP contribution in [0.3, 0.4) is 0 Å². The van der Waals surface area contributed by atoms with E-state index in [-0.39, 0.29) is 25.3 Å². The maximum Gasteiger partial charge on any atom is 0.306 e. The molecule has 3 aliphatic rings. The number of carbonyl (C=O) groups is 2. The number of nitrogens with one attached hydrogen (secondary N) is 1. The highest BCUT2D eigenvalue weighted by atomic mass is 16.7. The van der Waals surface area contributed by atoms with Crippen LogP contribution in [0.15, 0.2) is 18.2 Å². The van der Waals surface area contributed by atoms with Gasteiger partial charge in [-0.1, -0.05) is 6.42 Å². The molecular formula is C18H21NO5. The van der Waals surface area contributed by atoms with Crippen molar-refractivity contribution in [1.29, 1.82) is 0 Å². The number of amides is 1. The second-order valence-electron chi connectivity index (χ2n) is 6.92. The van der Waals surface area contributed by atoms with Crippen molar-refractivity contribution in [3.63, 3.8) is 0 Å². The lowest BCUT2D eigenvalue weighted by Gasteiger charge is -2.20. The van der Waals surface area contributed by atoms with E-state index in [2.05, 4.69) is 5.32 Å². The van der Waals surface area contributed by atoms with E-state index in [9.17, 15) is 9.59 Å². The number of esters is 1. The molecule has 6 heteroatoms. The van der Waals surface area contributed by atoms with Gasteiger partial charge in [-0.15, -0.1) is 0 Å². The number of hydrogen-bond acceptors (Lipinski definition) is 5. The van der Waals surface area contributed by atoms with Crippen LogP contribution in [-0.2, 0) is 14.3 Å². The molecule has 0 radical (unpaired) electrons. The van der Waals surface area contributed by atoms with E-state index < -0.39 is 0 Å². The summed E-state index contributed by atoms with van der Waals surface area (Å²) < 4.78 is 15.6. The molecule has 24 heavy (non-hydrogen) atoms. The number of anilines is 1. The van der Waals surface area contributed by atoms with Crippen LogP contribution in [0, 0.1) is 17.8 Å². The summed E-state index contributed by atoms with van der Waals surface area (Å²) in [6.07, 6.45) is 5.41. The van der Waals surface area contributed by atoms with Gasteiger partial charge >= 0.3 is 5.97 Å². The largest absolute Gasteiger partial charge is 0.456 e. The first-order valence-electron chi connectivity index (χ1n) is 8.52. The molecule has 128 valence electrons. The van der Waals surface area contributed by atoms with Crippen molar-refractivity contribution in [2.75, 3.05) is 18.7 Å². The zero-order valence-electron chi connectivity index (χ0n) is 13.5. The Balaban J connectivity index is 1.22. The predicted octanol–water partition coefficient (Wildman–Crippen LogP) is 2.72. The maximum absolute atomic E-state index is 11.9. The van der Waals surface area contributed by atoms with E-state index in [0.717, 1.165) is 12.3 Å². The minimum absolute atomic E-state index is 0.188. The van der Waals surface area contributed by atoms with E-state index in [4.69, 9.17) is 14.2 Å². The van der Waals surface area contributed by atoms with Crippen LogP contribution < -0.4 is 14.8 Å². The molecule has 1 aromatic rings. The van der Waals surface area contributed by atoms with Gasteiger partial charge in [0.15, 0.2) is 18.1 Å². The van der Waals surface area contributed by atoms with Gasteiger partial charge in [0.05, 0.1) is 0 Å². The summed E-state index contributed by atoms with van der Waals surface area (Å²) in [5.41, 5.74) is 0.591. The zero-order chi connectivity index (χ0) is 16.5. The first kappa shape index (κ1) is 15.3. The van der Waals surface area contributed by atoms with Crippen LogP contribution in [0.4, 0.5) is 5.69 Å². The second kappa shape index (κ2) is 6.34. The Bertz CT molecular complexity index is 659. The SMILES string of the molecule is O=C(COC(=O)C[C@H]1C[C@H]2CC[C@H]1C2)Nc1ccc2c(c1)OCO2. The van der Waals surface area contributed by atoms with Crippen molar-refractivity contribution in [3.05, 3.63) is 18.2 Å². The molecule has 2 aliphatic carbocycles. The smallest absolute Gasteiger partial charge is 0.306 e. The Labute approximate surface area is 140 Å². The molecule has 1 aliphatic heterocycles. The quantitative estimate of drug-likeness (QED) is 0.840. The minimum Gasteiger partial charge on any atom is -0.456 e. The molecule has 0 saturated heterocycles. The molecular weight excluding hydrogens is 310 g/mol. The molecule has 1 aromatic carbocycles. The summed E-state index contributed by atoms with van der Waals surface area (Å²) >= 11 is 0. The van der Waals surface area contributed by atoms with E-state index in [1.807, 2.05) is 0 Å².